The molecule has 0 aliphatic carbocycles. The van der Waals surface area contributed by atoms with E-state index in [1.54, 1.807) is 6.92 Å². The van der Waals surface area contributed by atoms with Crippen LogP contribution in [-0.4, -0.2) is 32.8 Å². The van der Waals surface area contributed by atoms with Crippen molar-refractivity contribution in [1.82, 2.24) is 9.55 Å². The van der Waals surface area contributed by atoms with E-state index in [1.165, 1.54) is 6.92 Å². The van der Waals surface area contributed by atoms with E-state index in [0.717, 1.165) is 6.20 Å². The summed E-state index contributed by atoms with van der Waals surface area (Å²) in [5.74, 6) is -3.30. The minimum absolute atomic E-state index is 0.212. The zero-order valence-corrected chi connectivity index (χ0v) is 11.1. The number of halogens is 2. The highest BCUT2D eigenvalue weighted by Crippen LogP contribution is 2.42. The van der Waals surface area contributed by atoms with Crippen LogP contribution in [-0.2, 0) is 11.2 Å². The molecule has 6 nitrogen and oxygen atoms in total. The fourth-order valence-corrected chi connectivity index (χ4v) is 2.19. The third kappa shape index (κ3) is 2.53. The molecule has 0 saturated carbocycles. The van der Waals surface area contributed by atoms with Gasteiger partial charge in [0.05, 0.1) is 12.2 Å². The predicted octanol–water partition coefficient (Wildman–Crippen LogP) is 0.403. The number of ether oxygens (including phenoxy) is 1. The van der Waals surface area contributed by atoms with Crippen LogP contribution in [0.15, 0.2) is 15.8 Å². The molecule has 2 N–H and O–H groups in total. The molecule has 112 valence electrons. The van der Waals surface area contributed by atoms with Crippen LogP contribution in [0.3, 0.4) is 0 Å². The van der Waals surface area contributed by atoms with Crippen LogP contribution < -0.4 is 11.2 Å². The van der Waals surface area contributed by atoms with Crippen molar-refractivity contribution in [2.24, 2.45) is 0 Å². The fourth-order valence-electron chi connectivity index (χ4n) is 2.19. The van der Waals surface area contributed by atoms with E-state index in [4.69, 9.17) is 4.74 Å². The molecule has 0 bridgehead atoms. The second-order valence-electron chi connectivity index (χ2n) is 4.91. The maximum Gasteiger partial charge on any atom is 0.330 e. The minimum Gasteiger partial charge on any atom is -0.391 e. The van der Waals surface area contributed by atoms with E-state index in [0.29, 0.717) is 11.0 Å². The maximum absolute atomic E-state index is 13.9. The summed E-state index contributed by atoms with van der Waals surface area (Å²) < 4.78 is 33.6. The van der Waals surface area contributed by atoms with Gasteiger partial charge in [0.15, 0.2) is 0 Å². The first kappa shape index (κ1) is 14.9. The standard InChI is InChI=1S/C12H16F2N2O4/c1-3-7-5-16(11(19)15-9(7)18)10-12(13,14)4-8(20-10)6(2)17/h5-6,8,10,17H,3-4H2,1-2H3,(H,15,18,19). The van der Waals surface area contributed by atoms with Crippen LogP contribution in [0, 0.1) is 0 Å². The van der Waals surface area contributed by atoms with Crippen molar-refractivity contribution in [3.05, 3.63) is 32.6 Å². The number of aliphatic hydroxyl groups is 1. The van der Waals surface area contributed by atoms with Crippen LogP contribution in [0.5, 0.6) is 0 Å². The van der Waals surface area contributed by atoms with Crippen molar-refractivity contribution in [1.29, 1.82) is 0 Å². The van der Waals surface area contributed by atoms with Gasteiger partial charge in [-0.25, -0.2) is 13.6 Å². The number of rotatable bonds is 3. The first-order chi connectivity index (χ1) is 9.26. The molecule has 2 rings (SSSR count). The smallest absolute Gasteiger partial charge is 0.330 e. The Morgan fingerprint density at radius 1 is 1.60 bits per heavy atom. The summed E-state index contributed by atoms with van der Waals surface area (Å²) in [7, 11) is 0. The van der Waals surface area contributed by atoms with E-state index < -0.39 is 42.0 Å². The van der Waals surface area contributed by atoms with Crippen molar-refractivity contribution in [3.8, 4) is 0 Å². The number of nitrogens with one attached hydrogen (secondary N) is 1. The molecule has 1 saturated heterocycles. The summed E-state index contributed by atoms with van der Waals surface area (Å²) >= 11 is 0. The van der Waals surface area contributed by atoms with Gasteiger partial charge in [0.1, 0.15) is 0 Å². The molecule has 3 atom stereocenters. The lowest BCUT2D eigenvalue weighted by molar-refractivity contribution is -0.126. The van der Waals surface area contributed by atoms with Gasteiger partial charge in [-0.05, 0) is 13.3 Å². The van der Waals surface area contributed by atoms with Crippen LogP contribution in [0.1, 0.15) is 32.1 Å². The highest BCUT2D eigenvalue weighted by molar-refractivity contribution is 5.05. The number of hydrogen-bond donors (Lipinski definition) is 2. The Hall–Kier alpha value is -1.54. The molecule has 3 unspecified atom stereocenters. The van der Waals surface area contributed by atoms with Gasteiger partial charge in [0.25, 0.3) is 11.5 Å². The third-order valence-corrected chi connectivity index (χ3v) is 3.35. The van der Waals surface area contributed by atoms with Crippen molar-refractivity contribution < 1.29 is 18.6 Å². The van der Waals surface area contributed by atoms with E-state index in [1.807, 2.05) is 4.98 Å². The average molecular weight is 290 g/mol. The number of H-pyrrole nitrogens is 1. The van der Waals surface area contributed by atoms with E-state index in [2.05, 4.69) is 0 Å². The second kappa shape index (κ2) is 5.10. The number of aliphatic hydroxyl groups excluding tert-OH is 1. The van der Waals surface area contributed by atoms with Crippen molar-refractivity contribution in [2.75, 3.05) is 0 Å². The van der Waals surface area contributed by atoms with Crippen LogP contribution in [0.25, 0.3) is 0 Å². The van der Waals surface area contributed by atoms with Gasteiger partial charge in [-0.2, -0.15) is 0 Å². The molecule has 0 amide bonds. The molecular weight excluding hydrogens is 274 g/mol. The average Bonchev–Trinajstić information content (AvgIpc) is 2.66. The highest BCUT2D eigenvalue weighted by Gasteiger charge is 2.53. The monoisotopic (exact) mass is 290 g/mol. The Balaban J connectivity index is 2.46. The Kier molecular flexibility index (Phi) is 3.79. The van der Waals surface area contributed by atoms with Crippen LogP contribution in [0.2, 0.25) is 0 Å². The number of alkyl halides is 2. The predicted molar refractivity (Wildman–Crippen MR) is 65.9 cm³/mol. The van der Waals surface area contributed by atoms with Gasteiger partial charge in [-0.15, -0.1) is 0 Å². The van der Waals surface area contributed by atoms with Crippen molar-refractivity contribution in [3.63, 3.8) is 0 Å². The quantitative estimate of drug-likeness (QED) is 0.844. The third-order valence-electron chi connectivity index (χ3n) is 3.35. The number of aryl methyl sites for hydroxylation is 1. The van der Waals surface area contributed by atoms with Gasteiger partial charge >= 0.3 is 5.69 Å². The molecule has 2 heterocycles. The Morgan fingerprint density at radius 3 is 2.75 bits per heavy atom. The van der Waals surface area contributed by atoms with Gasteiger partial charge in [-0.1, -0.05) is 6.92 Å². The molecule has 20 heavy (non-hydrogen) atoms. The molecule has 1 aliphatic rings. The van der Waals surface area contributed by atoms with Crippen LogP contribution >= 0.6 is 0 Å². The second-order valence-corrected chi connectivity index (χ2v) is 4.91. The van der Waals surface area contributed by atoms with E-state index >= 15 is 0 Å². The molecule has 0 aromatic carbocycles. The van der Waals surface area contributed by atoms with E-state index in [-0.39, 0.29) is 5.56 Å². The van der Waals surface area contributed by atoms with Gasteiger partial charge in [0.2, 0.25) is 6.23 Å². The number of hydrogen-bond acceptors (Lipinski definition) is 4. The summed E-state index contributed by atoms with van der Waals surface area (Å²) in [5.41, 5.74) is -1.34. The number of nitrogens with zero attached hydrogens (tertiary/aromatic N) is 1. The zero-order valence-electron chi connectivity index (χ0n) is 11.1. The molecule has 0 spiro atoms. The Labute approximate surface area is 113 Å². The molecule has 8 heteroatoms. The lowest BCUT2D eigenvalue weighted by atomic mass is 10.1. The fraction of sp³-hybridized carbons (Fsp3) is 0.667. The van der Waals surface area contributed by atoms with Crippen molar-refractivity contribution >= 4 is 0 Å². The van der Waals surface area contributed by atoms with E-state index in [9.17, 15) is 23.5 Å². The van der Waals surface area contributed by atoms with Gasteiger partial charge in [-0.3, -0.25) is 14.3 Å². The maximum atomic E-state index is 13.9. The molecule has 1 fully saturated rings. The van der Waals surface area contributed by atoms with Crippen LogP contribution in [0.4, 0.5) is 8.78 Å². The van der Waals surface area contributed by atoms with Gasteiger partial charge in [0, 0.05) is 18.2 Å². The Bertz CT molecular complexity index is 608. The number of aromatic nitrogens is 2. The zero-order chi connectivity index (χ0) is 15.1. The molecular formula is C12H16F2N2O4. The topological polar surface area (TPSA) is 84.3 Å². The molecule has 1 aromatic rings. The lowest BCUT2D eigenvalue weighted by Crippen LogP contribution is -2.39. The summed E-state index contributed by atoms with van der Waals surface area (Å²) in [6.45, 7) is 3.02. The first-order valence-electron chi connectivity index (χ1n) is 6.32. The summed E-state index contributed by atoms with van der Waals surface area (Å²) in [5, 5.41) is 9.36. The molecule has 1 aromatic heterocycles. The summed E-state index contributed by atoms with van der Waals surface area (Å²) in [4.78, 5) is 25.1. The largest absolute Gasteiger partial charge is 0.391 e. The normalized spacial score (nSPS) is 26.6. The number of aromatic amines is 1. The van der Waals surface area contributed by atoms with Crippen molar-refractivity contribution in [2.45, 2.75) is 51.0 Å². The minimum atomic E-state index is -3.30. The lowest BCUT2D eigenvalue weighted by Gasteiger charge is -2.20. The molecule has 1 aliphatic heterocycles. The van der Waals surface area contributed by atoms with Gasteiger partial charge < -0.3 is 9.84 Å². The Morgan fingerprint density at radius 2 is 2.25 bits per heavy atom. The molecule has 0 radical (unpaired) electrons. The highest BCUT2D eigenvalue weighted by atomic mass is 19.3. The summed E-state index contributed by atoms with van der Waals surface area (Å²) in [6.07, 6.45) is -3.24. The summed E-state index contributed by atoms with van der Waals surface area (Å²) in [6, 6.07) is 0. The SMILES string of the molecule is CCc1cn(C2OC(C(C)O)CC2(F)F)c(=O)[nH]c1=O. The first-order valence-corrected chi connectivity index (χ1v) is 6.32.